The highest BCUT2D eigenvalue weighted by molar-refractivity contribution is 5.91. The molecule has 0 aliphatic heterocycles. The molecule has 0 saturated carbocycles. The zero-order valence-corrected chi connectivity index (χ0v) is 10.8. The fourth-order valence-corrected chi connectivity index (χ4v) is 1.37. The molecule has 6 nitrogen and oxygen atoms in total. The molecule has 0 radical (unpaired) electrons. The Hall–Kier alpha value is -2.64. The number of hydrogen-bond donors (Lipinski definition) is 5. The van der Waals surface area contributed by atoms with E-state index in [4.69, 9.17) is 28.0 Å². The lowest BCUT2D eigenvalue weighted by Gasteiger charge is -2.19. The van der Waals surface area contributed by atoms with E-state index >= 15 is 0 Å². The molecule has 0 aliphatic rings. The Morgan fingerprint density at radius 3 is 2.40 bits per heavy atom. The highest BCUT2D eigenvalue weighted by Crippen LogP contribution is 2.22. The lowest BCUT2D eigenvalue weighted by molar-refractivity contribution is 0.113. The SMILES string of the molecule is Cc1ccc(=N)n(C(=N)C(F)(F)/C(N)=C/C=C(N)N)c1. The molecule has 0 aliphatic carbocycles. The Kier molecular flexibility index (Phi) is 4.28. The standard InChI is InChI=1S/C12H16F2N6/c1-7-2-5-10(18)20(6-7)11(19)12(13,14)8(15)3-4-9(16)17/h2-6,18-19H,15-17H2,1H3/b8-3-,18-10?,19-11?. The van der Waals surface area contributed by atoms with Gasteiger partial charge < -0.3 is 17.2 Å². The van der Waals surface area contributed by atoms with E-state index in [9.17, 15) is 8.78 Å². The van der Waals surface area contributed by atoms with E-state index in [0.717, 1.165) is 16.7 Å². The van der Waals surface area contributed by atoms with Crippen LogP contribution in [0, 0.1) is 17.7 Å². The number of allylic oxidation sites excluding steroid dienone is 3. The third-order valence-corrected chi connectivity index (χ3v) is 2.45. The quantitative estimate of drug-likeness (QED) is 0.311. The summed E-state index contributed by atoms with van der Waals surface area (Å²) >= 11 is 0. The fraction of sp³-hybridized carbons (Fsp3) is 0.167. The zero-order valence-electron chi connectivity index (χ0n) is 10.8. The van der Waals surface area contributed by atoms with Crippen molar-refractivity contribution in [1.82, 2.24) is 4.57 Å². The number of hydrogen-bond acceptors (Lipinski definition) is 5. The Morgan fingerprint density at radius 2 is 1.85 bits per heavy atom. The number of nitrogens with two attached hydrogens (primary N) is 3. The zero-order chi connectivity index (χ0) is 15.5. The topological polar surface area (TPSA) is 131 Å². The monoisotopic (exact) mass is 282 g/mol. The number of aromatic nitrogens is 1. The second-order valence-electron chi connectivity index (χ2n) is 4.17. The largest absolute Gasteiger partial charge is 0.397 e. The van der Waals surface area contributed by atoms with E-state index in [0.29, 0.717) is 5.56 Å². The van der Waals surface area contributed by atoms with Crippen LogP contribution in [-0.2, 0) is 0 Å². The maximum atomic E-state index is 14.0. The minimum absolute atomic E-state index is 0.181. The number of nitrogens with zero attached hydrogens (tertiary/aromatic N) is 1. The molecular weight excluding hydrogens is 266 g/mol. The summed E-state index contributed by atoms with van der Waals surface area (Å²) < 4.78 is 28.8. The minimum Gasteiger partial charge on any atom is -0.397 e. The van der Waals surface area contributed by atoms with Crippen molar-refractivity contribution in [3.05, 3.63) is 53.1 Å². The summed E-state index contributed by atoms with van der Waals surface area (Å²) in [6.45, 7) is 1.67. The summed E-state index contributed by atoms with van der Waals surface area (Å²) in [7, 11) is 0. The molecule has 20 heavy (non-hydrogen) atoms. The van der Waals surface area contributed by atoms with Gasteiger partial charge in [0.1, 0.15) is 5.49 Å². The molecular formula is C12H16F2N6. The summed E-state index contributed by atoms with van der Waals surface area (Å²) in [4.78, 5) is 0. The van der Waals surface area contributed by atoms with Crippen LogP contribution in [0.15, 0.2) is 42.0 Å². The van der Waals surface area contributed by atoms with E-state index in [2.05, 4.69) is 0 Å². The smallest absolute Gasteiger partial charge is 0.343 e. The van der Waals surface area contributed by atoms with Gasteiger partial charge >= 0.3 is 5.92 Å². The molecule has 8 N–H and O–H groups in total. The number of alkyl halides is 2. The van der Waals surface area contributed by atoms with Crippen molar-refractivity contribution in [3.63, 3.8) is 0 Å². The molecule has 1 aromatic rings. The van der Waals surface area contributed by atoms with Gasteiger partial charge in [0.05, 0.1) is 11.5 Å². The van der Waals surface area contributed by atoms with Crippen LogP contribution >= 0.6 is 0 Å². The van der Waals surface area contributed by atoms with Crippen molar-refractivity contribution < 1.29 is 8.78 Å². The molecule has 0 atom stereocenters. The van der Waals surface area contributed by atoms with Crippen LogP contribution in [0.1, 0.15) is 5.56 Å². The van der Waals surface area contributed by atoms with Gasteiger partial charge in [0.2, 0.25) is 0 Å². The van der Waals surface area contributed by atoms with Crippen LogP contribution in [0.25, 0.3) is 0 Å². The van der Waals surface area contributed by atoms with Gasteiger partial charge in [0.15, 0.2) is 5.84 Å². The lowest BCUT2D eigenvalue weighted by atomic mass is 10.2. The average Bonchev–Trinajstić information content (AvgIpc) is 2.37. The maximum absolute atomic E-state index is 14.0. The summed E-state index contributed by atoms with van der Waals surface area (Å²) in [5.74, 6) is -5.05. The second-order valence-corrected chi connectivity index (χ2v) is 4.17. The van der Waals surface area contributed by atoms with Gasteiger partial charge in [-0.3, -0.25) is 15.4 Å². The van der Waals surface area contributed by atoms with Crippen LogP contribution in [-0.4, -0.2) is 16.3 Å². The van der Waals surface area contributed by atoms with Gasteiger partial charge in [-0.2, -0.15) is 8.78 Å². The number of aryl methyl sites for hydroxylation is 1. The summed E-state index contributed by atoms with van der Waals surface area (Å²) in [5, 5.41) is 15.1. The molecule has 0 aromatic carbocycles. The Bertz CT molecular complexity index is 638. The third-order valence-electron chi connectivity index (χ3n) is 2.45. The Balaban J connectivity index is 3.24. The summed E-state index contributed by atoms with van der Waals surface area (Å²) in [6.07, 6.45) is 3.11. The molecule has 1 heterocycles. The lowest BCUT2D eigenvalue weighted by Crippen LogP contribution is -2.42. The first-order valence-corrected chi connectivity index (χ1v) is 5.56. The van der Waals surface area contributed by atoms with Crippen LogP contribution in [0.5, 0.6) is 0 Å². The van der Waals surface area contributed by atoms with Crippen LogP contribution in [0.2, 0.25) is 0 Å². The van der Waals surface area contributed by atoms with E-state index < -0.39 is 17.5 Å². The number of pyridine rings is 1. The maximum Gasteiger partial charge on any atom is 0.343 e. The van der Waals surface area contributed by atoms with Crippen molar-refractivity contribution in [2.24, 2.45) is 17.2 Å². The minimum atomic E-state index is -3.75. The van der Waals surface area contributed by atoms with Crippen LogP contribution in [0.4, 0.5) is 8.78 Å². The first-order chi connectivity index (χ1) is 9.16. The van der Waals surface area contributed by atoms with Gasteiger partial charge in [-0.25, -0.2) is 0 Å². The van der Waals surface area contributed by atoms with Crippen LogP contribution in [0.3, 0.4) is 0 Å². The van der Waals surface area contributed by atoms with E-state index in [1.165, 1.54) is 12.3 Å². The van der Waals surface area contributed by atoms with Gasteiger partial charge in [-0.1, -0.05) is 6.07 Å². The van der Waals surface area contributed by atoms with Crippen molar-refractivity contribution in [2.75, 3.05) is 0 Å². The van der Waals surface area contributed by atoms with Crippen LogP contribution < -0.4 is 22.7 Å². The Morgan fingerprint density at radius 1 is 1.25 bits per heavy atom. The highest BCUT2D eigenvalue weighted by atomic mass is 19.3. The molecule has 0 spiro atoms. The molecule has 1 aromatic heterocycles. The predicted octanol–water partition coefficient (Wildman–Crippen LogP) is 0.338. The molecule has 0 unspecified atom stereocenters. The first-order valence-electron chi connectivity index (χ1n) is 5.56. The summed E-state index contributed by atoms with van der Waals surface area (Å²) in [5.41, 5.74) is 15.0. The fourth-order valence-electron chi connectivity index (χ4n) is 1.37. The second kappa shape index (κ2) is 5.55. The normalized spacial score (nSPS) is 12.1. The van der Waals surface area contributed by atoms with Gasteiger partial charge in [0.25, 0.3) is 0 Å². The average molecular weight is 282 g/mol. The number of rotatable bonds is 3. The summed E-state index contributed by atoms with van der Waals surface area (Å²) in [6, 6.07) is 2.90. The molecule has 8 heteroatoms. The van der Waals surface area contributed by atoms with Gasteiger partial charge in [0, 0.05) is 6.20 Å². The van der Waals surface area contributed by atoms with Crippen molar-refractivity contribution >= 4 is 5.84 Å². The van der Waals surface area contributed by atoms with E-state index in [1.54, 1.807) is 13.0 Å². The first kappa shape index (κ1) is 15.4. The molecule has 108 valence electrons. The van der Waals surface area contributed by atoms with E-state index in [-0.39, 0.29) is 11.3 Å². The third kappa shape index (κ3) is 3.22. The molecule has 1 rings (SSSR count). The van der Waals surface area contributed by atoms with E-state index in [1.807, 2.05) is 0 Å². The highest BCUT2D eigenvalue weighted by Gasteiger charge is 2.39. The number of halogens is 2. The molecule has 0 amide bonds. The van der Waals surface area contributed by atoms with Gasteiger partial charge in [-0.05, 0) is 30.7 Å². The van der Waals surface area contributed by atoms with Crippen molar-refractivity contribution in [3.8, 4) is 0 Å². The van der Waals surface area contributed by atoms with Gasteiger partial charge in [-0.15, -0.1) is 0 Å². The van der Waals surface area contributed by atoms with Crippen molar-refractivity contribution in [2.45, 2.75) is 12.8 Å². The molecule has 0 fully saturated rings. The number of nitrogens with one attached hydrogen (secondary N) is 2. The Labute approximate surface area is 114 Å². The molecule has 0 bridgehead atoms. The molecule has 0 saturated heterocycles. The predicted molar refractivity (Wildman–Crippen MR) is 71.8 cm³/mol. The van der Waals surface area contributed by atoms with Crippen molar-refractivity contribution in [1.29, 1.82) is 10.8 Å².